The number of hydrogen-bond acceptors (Lipinski definition) is 5. The van der Waals surface area contributed by atoms with Gasteiger partial charge in [-0.25, -0.2) is 9.97 Å². The average molecular weight is 310 g/mol. The second kappa shape index (κ2) is 5.18. The summed E-state index contributed by atoms with van der Waals surface area (Å²) >= 11 is 1.67. The number of carbonyl (C=O) groups excluding carboxylic acids is 1. The fraction of sp³-hybridized carbons (Fsp3) is 0.235. The minimum absolute atomic E-state index is 0.219. The summed E-state index contributed by atoms with van der Waals surface area (Å²) in [6.45, 7) is 2.12. The smallest absolute Gasteiger partial charge is 0.231 e. The lowest BCUT2D eigenvalue weighted by molar-refractivity contribution is 0.0994. The number of thiophene rings is 1. The number of carbonyl (C=O) groups is 1. The van der Waals surface area contributed by atoms with Crippen LogP contribution in [0.5, 0.6) is 11.6 Å². The maximum Gasteiger partial charge on any atom is 0.231 e. The first-order chi connectivity index (χ1) is 10.7. The number of nitrogens with zero attached hydrogens (tertiary/aromatic N) is 2. The van der Waals surface area contributed by atoms with Crippen LogP contribution in [-0.4, -0.2) is 15.8 Å². The maximum atomic E-state index is 11.7. The maximum absolute atomic E-state index is 11.7. The van der Waals surface area contributed by atoms with Crippen molar-refractivity contribution in [3.05, 3.63) is 46.6 Å². The molecule has 0 saturated carbocycles. The van der Waals surface area contributed by atoms with Crippen LogP contribution in [0.4, 0.5) is 0 Å². The molecular weight excluding hydrogens is 296 g/mol. The Labute approximate surface area is 131 Å². The van der Waals surface area contributed by atoms with Crippen molar-refractivity contribution < 1.29 is 9.53 Å². The Morgan fingerprint density at radius 3 is 3.00 bits per heavy atom. The molecule has 2 aromatic heterocycles. The molecule has 0 fully saturated rings. The predicted octanol–water partition coefficient (Wildman–Crippen LogP) is 4.17. The monoisotopic (exact) mass is 310 g/mol. The molecule has 0 unspecified atom stereocenters. The molecule has 0 amide bonds. The van der Waals surface area contributed by atoms with Crippen LogP contribution in [0.15, 0.2) is 30.6 Å². The number of ether oxygens (including phenoxy) is 1. The highest BCUT2D eigenvalue weighted by Crippen LogP contribution is 2.34. The van der Waals surface area contributed by atoms with Crippen LogP contribution >= 0.6 is 11.3 Å². The highest BCUT2D eigenvalue weighted by molar-refractivity contribution is 7.18. The van der Waals surface area contributed by atoms with Crippen molar-refractivity contribution in [2.24, 2.45) is 0 Å². The Morgan fingerprint density at radius 1 is 1.23 bits per heavy atom. The van der Waals surface area contributed by atoms with E-state index in [2.05, 4.69) is 23.0 Å². The lowest BCUT2D eigenvalue weighted by Crippen LogP contribution is -1.93. The minimum atomic E-state index is 0.219. The third-order valence-electron chi connectivity index (χ3n) is 3.91. The fourth-order valence-electron chi connectivity index (χ4n) is 2.75. The van der Waals surface area contributed by atoms with Gasteiger partial charge < -0.3 is 4.74 Å². The molecule has 0 radical (unpaired) electrons. The molecular formula is C17H14N2O2S. The van der Waals surface area contributed by atoms with Gasteiger partial charge in [0.15, 0.2) is 5.78 Å². The van der Waals surface area contributed by atoms with Gasteiger partial charge in [-0.2, -0.15) is 0 Å². The molecule has 2 heterocycles. The van der Waals surface area contributed by atoms with Crippen LogP contribution in [-0.2, 0) is 12.8 Å². The first kappa shape index (κ1) is 13.4. The Balaban J connectivity index is 1.72. The van der Waals surface area contributed by atoms with E-state index in [-0.39, 0.29) is 5.78 Å². The van der Waals surface area contributed by atoms with Gasteiger partial charge in [-0.3, -0.25) is 4.79 Å². The molecule has 110 valence electrons. The van der Waals surface area contributed by atoms with Gasteiger partial charge in [0.05, 0.1) is 5.39 Å². The van der Waals surface area contributed by atoms with Gasteiger partial charge >= 0.3 is 0 Å². The zero-order chi connectivity index (χ0) is 15.1. The predicted molar refractivity (Wildman–Crippen MR) is 86.0 cm³/mol. The highest BCUT2D eigenvalue weighted by Gasteiger charge is 2.20. The van der Waals surface area contributed by atoms with Crippen molar-refractivity contribution in [3.8, 4) is 11.6 Å². The molecule has 0 atom stereocenters. The molecule has 22 heavy (non-hydrogen) atoms. The van der Waals surface area contributed by atoms with Crippen molar-refractivity contribution in [3.63, 3.8) is 0 Å². The van der Waals surface area contributed by atoms with Crippen molar-refractivity contribution in [2.75, 3.05) is 0 Å². The second-order valence-electron chi connectivity index (χ2n) is 5.31. The van der Waals surface area contributed by atoms with Crippen LogP contribution in [0, 0.1) is 0 Å². The fourth-order valence-corrected chi connectivity index (χ4v) is 3.67. The summed E-state index contributed by atoms with van der Waals surface area (Å²) < 4.78 is 5.95. The van der Waals surface area contributed by atoms with Crippen molar-refractivity contribution >= 4 is 27.3 Å². The van der Waals surface area contributed by atoms with Crippen molar-refractivity contribution in [1.82, 2.24) is 9.97 Å². The van der Waals surface area contributed by atoms with Crippen LogP contribution in [0.2, 0.25) is 0 Å². The zero-order valence-electron chi connectivity index (χ0n) is 12.1. The molecule has 0 N–H and O–H groups in total. The SMILES string of the molecule is CCc1cc2c(Oc3ccc4c(c3)CCC4=O)ncnc2s1. The van der Waals surface area contributed by atoms with Crippen LogP contribution < -0.4 is 4.74 Å². The first-order valence-electron chi connectivity index (χ1n) is 7.32. The van der Waals surface area contributed by atoms with Gasteiger partial charge in [-0.05, 0) is 42.7 Å². The molecule has 0 bridgehead atoms. The van der Waals surface area contributed by atoms with E-state index in [0.29, 0.717) is 12.3 Å². The molecule has 0 aliphatic heterocycles. The standard InChI is InChI=1S/C17H14N2O2S/c1-2-12-8-14-16(18-9-19-17(14)22-12)21-11-4-5-13-10(7-11)3-6-15(13)20/h4-5,7-9H,2-3,6H2,1H3. The third kappa shape index (κ3) is 2.18. The Morgan fingerprint density at radius 2 is 2.14 bits per heavy atom. The van der Waals surface area contributed by atoms with E-state index in [1.165, 1.54) is 11.2 Å². The van der Waals surface area contributed by atoms with E-state index in [1.807, 2.05) is 18.2 Å². The largest absolute Gasteiger partial charge is 0.438 e. The number of aromatic nitrogens is 2. The summed E-state index contributed by atoms with van der Waals surface area (Å²) in [5, 5.41) is 0.945. The molecule has 1 aliphatic carbocycles. The van der Waals surface area contributed by atoms with Gasteiger partial charge in [-0.1, -0.05) is 6.92 Å². The van der Waals surface area contributed by atoms with E-state index in [9.17, 15) is 4.79 Å². The number of Topliss-reactive ketones (excluding diaryl/α,β-unsaturated/α-hetero) is 1. The van der Waals surface area contributed by atoms with Crippen LogP contribution in [0.1, 0.15) is 34.1 Å². The molecule has 0 spiro atoms. The van der Waals surface area contributed by atoms with Crippen LogP contribution in [0.25, 0.3) is 10.2 Å². The van der Waals surface area contributed by atoms with E-state index in [1.54, 1.807) is 11.3 Å². The summed E-state index contributed by atoms with van der Waals surface area (Å²) in [4.78, 5) is 22.5. The summed E-state index contributed by atoms with van der Waals surface area (Å²) in [6.07, 6.45) is 3.90. The van der Waals surface area contributed by atoms with Gasteiger partial charge in [-0.15, -0.1) is 11.3 Å². The molecule has 3 aromatic rings. The Bertz CT molecular complexity index is 885. The van der Waals surface area contributed by atoms with Crippen molar-refractivity contribution in [1.29, 1.82) is 0 Å². The third-order valence-corrected chi connectivity index (χ3v) is 5.09. The molecule has 0 saturated heterocycles. The topological polar surface area (TPSA) is 52.1 Å². The number of benzene rings is 1. The summed E-state index contributed by atoms with van der Waals surface area (Å²) in [5.41, 5.74) is 1.89. The molecule has 5 heteroatoms. The zero-order valence-corrected chi connectivity index (χ0v) is 12.9. The summed E-state index contributed by atoms with van der Waals surface area (Å²) in [6, 6.07) is 7.72. The Kier molecular flexibility index (Phi) is 3.15. The van der Waals surface area contributed by atoms with E-state index in [4.69, 9.17) is 4.74 Å². The summed E-state index contributed by atoms with van der Waals surface area (Å²) in [5.74, 6) is 1.51. The quantitative estimate of drug-likeness (QED) is 0.728. The van der Waals surface area contributed by atoms with Gasteiger partial charge in [0.1, 0.15) is 16.9 Å². The van der Waals surface area contributed by atoms with Crippen LogP contribution in [0.3, 0.4) is 0 Å². The number of aryl methyl sites for hydroxylation is 2. The van der Waals surface area contributed by atoms with E-state index in [0.717, 1.165) is 39.9 Å². The van der Waals surface area contributed by atoms with Gasteiger partial charge in [0, 0.05) is 16.9 Å². The van der Waals surface area contributed by atoms with E-state index >= 15 is 0 Å². The first-order valence-corrected chi connectivity index (χ1v) is 8.13. The number of hydrogen-bond donors (Lipinski definition) is 0. The number of ketones is 1. The van der Waals surface area contributed by atoms with Gasteiger partial charge in [0.2, 0.25) is 5.88 Å². The minimum Gasteiger partial charge on any atom is -0.438 e. The molecule has 1 aromatic carbocycles. The average Bonchev–Trinajstić information content (AvgIpc) is 3.12. The normalized spacial score (nSPS) is 13.6. The lowest BCUT2D eigenvalue weighted by Gasteiger charge is -2.07. The number of fused-ring (bicyclic) bond motifs is 2. The highest BCUT2D eigenvalue weighted by atomic mass is 32.1. The lowest BCUT2D eigenvalue weighted by atomic mass is 10.1. The van der Waals surface area contributed by atoms with E-state index < -0.39 is 0 Å². The molecule has 4 rings (SSSR count). The molecule has 4 nitrogen and oxygen atoms in total. The van der Waals surface area contributed by atoms with Crippen molar-refractivity contribution in [2.45, 2.75) is 26.2 Å². The summed E-state index contributed by atoms with van der Waals surface area (Å²) in [7, 11) is 0. The number of rotatable bonds is 3. The Hall–Kier alpha value is -2.27. The second-order valence-corrected chi connectivity index (χ2v) is 6.42. The van der Waals surface area contributed by atoms with Gasteiger partial charge in [0.25, 0.3) is 0 Å². The molecule has 1 aliphatic rings.